The molecule has 0 unspecified atom stereocenters. The highest BCUT2D eigenvalue weighted by Crippen LogP contribution is 2.50. The lowest BCUT2D eigenvalue weighted by Crippen LogP contribution is -2.16. The summed E-state index contributed by atoms with van der Waals surface area (Å²) in [6.07, 6.45) is 4.02. The van der Waals surface area contributed by atoms with Gasteiger partial charge < -0.3 is 13.2 Å². The third-order valence-corrected chi connectivity index (χ3v) is 12.0. The molecule has 0 atom stereocenters. The van der Waals surface area contributed by atoms with Crippen molar-refractivity contribution in [2.45, 2.75) is 105 Å². The lowest BCUT2D eigenvalue weighted by Gasteiger charge is -2.25. The zero-order chi connectivity index (χ0) is 38.7. The fourth-order valence-corrected chi connectivity index (χ4v) is 8.95. The molecule has 276 valence electrons. The van der Waals surface area contributed by atoms with Crippen LogP contribution >= 0.6 is 0 Å². The van der Waals surface area contributed by atoms with Crippen LogP contribution in [0.4, 0.5) is 0 Å². The Kier molecular flexibility index (Phi) is 6.61. The molecule has 4 aromatic carbocycles. The molecule has 0 saturated carbocycles. The van der Waals surface area contributed by atoms with Crippen molar-refractivity contribution >= 4 is 82.2 Å². The summed E-state index contributed by atoms with van der Waals surface area (Å²) in [7, 11) is 0. The van der Waals surface area contributed by atoms with E-state index in [1.165, 1.54) is 49.7 Å². The Balaban J connectivity index is 1.45. The first-order chi connectivity index (χ1) is 25.8. The van der Waals surface area contributed by atoms with Gasteiger partial charge in [-0.25, -0.2) is 9.97 Å². The fraction of sp³-hybridized carbons (Fsp3) is 0.320. The summed E-state index contributed by atoms with van der Waals surface area (Å²) in [6, 6.07) is 24.9. The van der Waals surface area contributed by atoms with Gasteiger partial charge in [0.2, 0.25) is 11.4 Å². The quantitative estimate of drug-likeness (QED) is 0.169. The lowest BCUT2D eigenvalue weighted by molar-refractivity contribution is 0.557. The molecule has 0 radical (unpaired) electrons. The average Bonchev–Trinajstić information content (AvgIpc) is 3.85. The third kappa shape index (κ3) is 4.77. The van der Waals surface area contributed by atoms with E-state index in [4.69, 9.17) is 18.8 Å². The summed E-state index contributed by atoms with van der Waals surface area (Å²) in [5.74, 6) is 0. The molecule has 55 heavy (non-hydrogen) atoms. The maximum atomic E-state index is 6.80. The van der Waals surface area contributed by atoms with Crippen LogP contribution in [0.2, 0.25) is 0 Å². The Labute approximate surface area is 321 Å². The largest absolute Gasteiger partial charge is 0.437 e. The highest BCUT2D eigenvalue weighted by atomic mass is 16.3. The van der Waals surface area contributed by atoms with E-state index in [2.05, 4.69) is 154 Å². The minimum atomic E-state index is -0.122. The van der Waals surface area contributed by atoms with Gasteiger partial charge in [-0.05, 0) is 68.2 Å². The van der Waals surface area contributed by atoms with E-state index in [0.717, 1.165) is 54.5 Å². The Bertz CT molecular complexity index is 3020. The number of furan rings is 2. The van der Waals surface area contributed by atoms with Crippen molar-refractivity contribution in [2.24, 2.45) is 0 Å². The van der Waals surface area contributed by atoms with Crippen molar-refractivity contribution < 1.29 is 8.83 Å². The van der Waals surface area contributed by atoms with E-state index >= 15 is 0 Å². The van der Waals surface area contributed by atoms with Crippen molar-refractivity contribution in [3.05, 3.63) is 101 Å². The number of pyridine rings is 2. The molecule has 10 aromatic rings. The Morgan fingerprint density at radius 2 is 0.891 bits per heavy atom. The van der Waals surface area contributed by atoms with Gasteiger partial charge >= 0.3 is 0 Å². The first-order valence-corrected chi connectivity index (χ1v) is 19.7. The van der Waals surface area contributed by atoms with Crippen LogP contribution in [0.5, 0.6) is 0 Å². The highest BCUT2D eigenvalue weighted by Gasteiger charge is 2.31. The molecule has 0 saturated heterocycles. The Hall–Kier alpha value is -5.42. The molecule has 0 aliphatic heterocycles. The molecule has 5 nitrogen and oxygen atoms in total. The van der Waals surface area contributed by atoms with Crippen molar-refractivity contribution in [2.75, 3.05) is 0 Å². The molecular weight excluding hydrogens is 675 g/mol. The van der Waals surface area contributed by atoms with E-state index < -0.39 is 0 Å². The number of benzene rings is 4. The summed E-state index contributed by atoms with van der Waals surface area (Å²) in [5.41, 5.74) is 13.5. The maximum absolute atomic E-state index is 6.80. The first kappa shape index (κ1) is 34.1. The highest BCUT2D eigenvalue weighted by molar-refractivity contribution is 6.36. The van der Waals surface area contributed by atoms with Crippen molar-refractivity contribution in [1.29, 1.82) is 0 Å². The van der Waals surface area contributed by atoms with Gasteiger partial charge in [-0.3, -0.25) is 0 Å². The van der Waals surface area contributed by atoms with Crippen LogP contribution in [0, 0.1) is 0 Å². The van der Waals surface area contributed by atoms with Gasteiger partial charge in [0.15, 0.2) is 0 Å². The summed E-state index contributed by atoms with van der Waals surface area (Å²) in [4.78, 5) is 10.2. The summed E-state index contributed by atoms with van der Waals surface area (Å²) in [5, 5.41) is 9.07. The molecular formula is C50H49N3O2. The molecule has 10 rings (SSSR count). The number of aromatic nitrogens is 3. The predicted molar refractivity (Wildman–Crippen MR) is 231 cm³/mol. The van der Waals surface area contributed by atoms with Gasteiger partial charge in [0.05, 0.1) is 39.7 Å². The van der Waals surface area contributed by atoms with Crippen LogP contribution in [-0.4, -0.2) is 14.4 Å². The minimum Gasteiger partial charge on any atom is -0.437 e. The number of hydrogen-bond donors (Lipinski definition) is 0. The zero-order valence-corrected chi connectivity index (χ0v) is 34.2. The van der Waals surface area contributed by atoms with Crippen molar-refractivity contribution in [1.82, 2.24) is 14.4 Å². The van der Waals surface area contributed by atoms with E-state index in [1.54, 1.807) is 0 Å². The van der Waals surface area contributed by atoms with E-state index in [-0.39, 0.29) is 21.7 Å². The molecule has 0 bridgehead atoms. The molecule has 0 amide bonds. The standard InChI is InChI=1S/C50H49N3O2/c1-47(2,3)28-20-32-40-38-30-18-27(26-16-14-13-15-17-26)19-31-39-37(53(42(30)31)36(38)24-51-45(40)54-43(32)34(22-28)49(7,8)9)25-52-46-41(39)33-21-29(48(4,5)6)23-35(44(33)55-46)50(10,11)12/h13-25H,1-12H3. The first-order valence-electron chi connectivity index (χ1n) is 19.7. The number of rotatable bonds is 1. The number of hydrogen-bond acceptors (Lipinski definition) is 4. The maximum Gasteiger partial charge on any atom is 0.228 e. The second-order valence-corrected chi connectivity index (χ2v) is 20.0. The fourth-order valence-electron chi connectivity index (χ4n) is 8.95. The molecule has 0 spiro atoms. The van der Waals surface area contributed by atoms with Crippen LogP contribution < -0.4 is 0 Å². The molecule has 6 heterocycles. The zero-order valence-electron chi connectivity index (χ0n) is 34.2. The van der Waals surface area contributed by atoms with Crippen molar-refractivity contribution in [3.63, 3.8) is 0 Å². The molecule has 5 heteroatoms. The Morgan fingerprint density at radius 1 is 0.455 bits per heavy atom. The van der Waals surface area contributed by atoms with Gasteiger partial charge in [-0.2, -0.15) is 0 Å². The number of fused-ring (bicyclic) bond motifs is 14. The third-order valence-electron chi connectivity index (χ3n) is 12.0. The monoisotopic (exact) mass is 723 g/mol. The van der Waals surface area contributed by atoms with Gasteiger partial charge in [0.25, 0.3) is 0 Å². The topological polar surface area (TPSA) is 56.5 Å². The Morgan fingerprint density at radius 3 is 1.29 bits per heavy atom. The van der Waals surface area contributed by atoms with Gasteiger partial charge in [0, 0.05) is 43.4 Å². The van der Waals surface area contributed by atoms with Gasteiger partial charge in [-0.1, -0.05) is 126 Å². The average molecular weight is 724 g/mol. The molecule has 0 fully saturated rings. The van der Waals surface area contributed by atoms with Gasteiger partial charge in [0.1, 0.15) is 11.2 Å². The van der Waals surface area contributed by atoms with E-state index in [1.807, 2.05) is 12.4 Å². The SMILES string of the molecule is CC(C)(C)c1cc(C(C)(C)C)c2oc3ncc4c(c5cc(-c6ccccc6)cc6c7c8c(ncc7n4c56)oc4c(C(C)(C)C)cc(C(C)(C)C)cc48)c3c2c1. The van der Waals surface area contributed by atoms with Gasteiger partial charge in [-0.15, -0.1) is 0 Å². The predicted octanol–water partition coefficient (Wildman–Crippen LogP) is 14.3. The van der Waals surface area contributed by atoms with E-state index in [9.17, 15) is 0 Å². The normalized spacial score (nSPS) is 13.8. The van der Waals surface area contributed by atoms with Crippen LogP contribution in [0.1, 0.15) is 105 Å². The smallest absolute Gasteiger partial charge is 0.228 e. The van der Waals surface area contributed by atoms with Crippen LogP contribution in [0.15, 0.2) is 88.0 Å². The summed E-state index contributed by atoms with van der Waals surface area (Å²) in [6.45, 7) is 27.4. The van der Waals surface area contributed by atoms with Crippen LogP contribution in [-0.2, 0) is 21.7 Å². The second-order valence-electron chi connectivity index (χ2n) is 20.0. The minimum absolute atomic E-state index is 0.0464. The summed E-state index contributed by atoms with van der Waals surface area (Å²) >= 11 is 0. The van der Waals surface area contributed by atoms with Crippen LogP contribution in [0.25, 0.3) is 93.4 Å². The lowest BCUT2D eigenvalue weighted by atomic mass is 9.79. The molecule has 0 aliphatic rings. The van der Waals surface area contributed by atoms with Crippen molar-refractivity contribution in [3.8, 4) is 11.1 Å². The van der Waals surface area contributed by atoms with Crippen LogP contribution in [0.3, 0.4) is 0 Å². The molecule has 6 aromatic heterocycles. The summed E-state index contributed by atoms with van der Waals surface area (Å²) < 4.78 is 16.0. The molecule has 0 aliphatic carbocycles. The number of nitrogens with zero attached hydrogens (tertiary/aromatic N) is 3. The second kappa shape index (κ2) is 10.7. The van der Waals surface area contributed by atoms with E-state index in [0.29, 0.717) is 11.4 Å². The molecule has 0 N–H and O–H groups in total.